The zero-order valence-electron chi connectivity index (χ0n) is 11.1. The fourth-order valence-electron chi connectivity index (χ4n) is 2.07. The zero-order valence-corrected chi connectivity index (χ0v) is 11.1. The van der Waals surface area contributed by atoms with Gasteiger partial charge in [0.05, 0.1) is 5.69 Å². The van der Waals surface area contributed by atoms with Crippen LogP contribution in [0.2, 0.25) is 0 Å². The third kappa shape index (κ3) is 2.64. The molecule has 0 aliphatic heterocycles. The van der Waals surface area contributed by atoms with Gasteiger partial charge in [0.25, 0.3) is 0 Å². The summed E-state index contributed by atoms with van der Waals surface area (Å²) < 4.78 is 1.85. The van der Waals surface area contributed by atoms with Crippen LogP contribution in [-0.4, -0.2) is 14.9 Å². The monoisotopic (exact) mass is 245 g/mol. The number of rotatable bonds is 4. The van der Waals surface area contributed by atoms with E-state index in [1.54, 1.807) is 12.1 Å². The van der Waals surface area contributed by atoms with Crippen molar-refractivity contribution in [2.75, 3.05) is 5.32 Å². The van der Waals surface area contributed by atoms with Gasteiger partial charge in [-0.2, -0.15) is 5.10 Å². The van der Waals surface area contributed by atoms with Crippen molar-refractivity contribution in [2.45, 2.75) is 26.8 Å². The highest BCUT2D eigenvalue weighted by Crippen LogP contribution is 2.21. The Balaban J connectivity index is 2.11. The molecule has 0 saturated heterocycles. The number of benzene rings is 1. The Morgan fingerprint density at radius 1 is 1.39 bits per heavy atom. The molecule has 4 heteroatoms. The average molecular weight is 245 g/mol. The van der Waals surface area contributed by atoms with Crippen molar-refractivity contribution in [3.05, 3.63) is 41.2 Å². The van der Waals surface area contributed by atoms with Crippen LogP contribution < -0.4 is 5.32 Å². The number of phenols is 1. The summed E-state index contributed by atoms with van der Waals surface area (Å²) in [7, 11) is 1.94. The summed E-state index contributed by atoms with van der Waals surface area (Å²) >= 11 is 0. The number of aromatic nitrogens is 2. The van der Waals surface area contributed by atoms with Crippen molar-refractivity contribution in [1.82, 2.24) is 9.78 Å². The van der Waals surface area contributed by atoms with E-state index in [0.717, 1.165) is 29.9 Å². The first-order valence-electron chi connectivity index (χ1n) is 6.15. The van der Waals surface area contributed by atoms with Crippen LogP contribution in [0.1, 0.15) is 23.7 Å². The van der Waals surface area contributed by atoms with Gasteiger partial charge in [-0.25, -0.2) is 0 Å². The largest absolute Gasteiger partial charge is 0.508 e. The Labute approximate surface area is 107 Å². The predicted octanol–water partition coefficient (Wildman–Crippen LogP) is 2.61. The number of hydrogen-bond acceptors (Lipinski definition) is 3. The molecule has 96 valence electrons. The zero-order chi connectivity index (χ0) is 13.1. The normalized spacial score (nSPS) is 10.6. The molecule has 1 aromatic heterocycles. The lowest BCUT2D eigenvalue weighted by molar-refractivity contribution is 0.475. The summed E-state index contributed by atoms with van der Waals surface area (Å²) in [4.78, 5) is 0. The Kier molecular flexibility index (Phi) is 3.55. The molecule has 2 rings (SSSR count). The molecule has 0 aliphatic rings. The van der Waals surface area contributed by atoms with E-state index in [1.807, 2.05) is 30.9 Å². The predicted molar refractivity (Wildman–Crippen MR) is 72.8 cm³/mol. The van der Waals surface area contributed by atoms with Gasteiger partial charge in [0.2, 0.25) is 0 Å². The van der Waals surface area contributed by atoms with Gasteiger partial charge in [-0.15, -0.1) is 0 Å². The van der Waals surface area contributed by atoms with Crippen molar-refractivity contribution in [3.8, 4) is 5.75 Å². The SMILES string of the molecule is CCc1nn(C)cc1CNc1ccc(O)cc1C. The first kappa shape index (κ1) is 12.5. The van der Waals surface area contributed by atoms with Crippen LogP contribution in [0.15, 0.2) is 24.4 Å². The molecule has 0 unspecified atom stereocenters. The minimum Gasteiger partial charge on any atom is -0.508 e. The summed E-state index contributed by atoms with van der Waals surface area (Å²) in [6.45, 7) is 4.84. The lowest BCUT2D eigenvalue weighted by atomic mass is 10.1. The second kappa shape index (κ2) is 5.12. The smallest absolute Gasteiger partial charge is 0.115 e. The number of hydrogen-bond donors (Lipinski definition) is 2. The molecule has 0 amide bonds. The lowest BCUT2D eigenvalue weighted by Crippen LogP contribution is -2.02. The van der Waals surface area contributed by atoms with Crippen molar-refractivity contribution >= 4 is 5.69 Å². The van der Waals surface area contributed by atoms with Gasteiger partial charge in [0.15, 0.2) is 0 Å². The first-order chi connectivity index (χ1) is 8.60. The quantitative estimate of drug-likeness (QED) is 0.814. The van der Waals surface area contributed by atoms with E-state index in [9.17, 15) is 5.11 Å². The van der Waals surface area contributed by atoms with E-state index >= 15 is 0 Å². The molecule has 2 aromatic rings. The van der Waals surface area contributed by atoms with Crippen molar-refractivity contribution in [2.24, 2.45) is 7.05 Å². The lowest BCUT2D eigenvalue weighted by Gasteiger charge is -2.09. The van der Waals surface area contributed by atoms with E-state index in [0.29, 0.717) is 5.75 Å². The minimum atomic E-state index is 0.300. The first-order valence-corrected chi connectivity index (χ1v) is 6.15. The van der Waals surface area contributed by atoms with Gasteiger partial charge < -0.3 is 10.4 Å². The standard InChI is InChI=1S/C14H19N3O/c1-4-13-11(9-17(3)16-13)8-15-14-6-5-12(18)7-10(14)2/h5-7,9,15,18H,4,8H2,1-3H3. The summed E-state index contributed by atoms with van der Waals surface area (Å²) in [5, 5.41) is 17.2. The second-order valence-corrected chi connectivity index (χ2v) is 4.48. The van der Waals surface area contributed by atoms with Crippen LogP contribution in [0.25, 0.3) is 0 Å². The molecule has 1 heterocycles. The van der Waals surface area contributed by atoms with E-state index in [1.165, 1.54) is 5.56 Å². The maximum atomic E-state index is 9.37. The third-order valence-corrected chi connectivity index (χ3v) is 3.01. The van der Waals surface area contributed by atoms with Gasteiger partial charge in [-0.1, -0.05) is 6.92 Å². The van der Waals surface area contributed by atoms with Gasteiger partial charge in [0.1, 0.15) is 5.75 Å². The number of anilines is 1. The van der Waals surface area contributed by atoms with Crippen LogP contribution in [-0.2, 0) is 20.0 Å². The van der Waals surface area contributed by atoms with Crippen molar-refractivity contribution < 1.29 is 5.11 Å². The minimum absolute atomic E-state index is 0.300. The molecular weight excluding hydrogens is 226 g/mol. The maximum absolute atomic E-state index is 9.37. The average Bonchev–Trinajstić information content (AvgIpc) is 2.68. The highest BCUT2D eigenvalue weighted by atomic mass is 16.3. The van der Waals surface area contributed by atoms with Crippen molar-refractivity contribution in [3.63, 3.8) is 0 Å². The summed E-state index contributed by atoms with van der Waals surface area (Å²) in [5.41, 5.74) is 4.42. The fraction of sp³-hybridized carbons (Fsp3) is 0.357. The Bertz CT molecular complexity index is 546. The Hall–Kier alpha value is -1.97. The number of aryl methyl sites for hydroxylation is 3. The van der Waals surface area contributed by atoms with Gasteiger partial charge in [-0.3, -0.25) is 4.68 Å². The van der Waals surface area contributed by atoms with Crippen LogP contribution in [0, 0.1) is 6.92 Å². The molecule has 0 radical (unpaired) electrons. The number of nitrogens with one attached hydrogen (secondary N) is 1. The fourth-order valence-corrected chi connectivity index (χ4v) is 2.07. The van der Waals surface area contributed by atoms with Crippen LogP contribution >= 0.6 is 0 Å². The number of nitrogens with zero attached hydrogens (tertiary/aromatic N) is 2. The molecule has 0 fully saturated rings. The topological polar surface area (TPSA) is 50.1 Å². The van der Waals surface area contributed by atoms with Crippen LogP contribution in [0.5, 0.6) is 5.75 Å². The molecule has 0 bridgehead atoms. The highest BCUT2D eigenvalue weighted by Gasteiger charge is 2.06. The molecule has 18 heavy (non-hydrogen) atoms. The molecule has 4 nitrogen and oxygen atoms in total. The number of phenolic OH excluding ortho intramolecular Hbond substituents is 1. The van der Waals surface area contributed by atoms with E-state index in [4.69, 9.17) is 0 Å². The Morgan fingerprint density at radius 3 is 2.83 bits per heavy atom. The van der Waals surface area contributed by atoms with E-state index in [2.05, 4.69) is 17.3 Å². The Morgan fingerprint density at radius 2 is 2.17 bits per heavy atom. The van der Waals surface area contributed by atoms with Crippen LogP contribution in [0.4, 0.5) is 5.69 Å². The summed E-state index contributed by atoms with van der Waals surface area (Å²) in [5.74, 6) is 0.300. The van der Waals surface area contributed by atoms with E-state index in [-0.39, 0.29) is 0 Å². The molecular formula is C14H19N3O. The molecule has 1 aromatic carbocycles. The number of aromatic hydroxyl groups is 1. The van der Waals surface area contributed by atoms with Crippen LogP contribution in [0.3, 0.4) is 0 Å². The van der Waals surface area contributed by atoms with Crippen molar-refractivity contribution in [1.29, 1.82) is 0 Å². The van der Waals surface area contributed by atoms with Gasteiger partial charge >= 0.3 is 0 Å². The van der Waals surface area contributed by atoms with Gasteiger partial charge in [0, 0.05) is 31.0 Å². The second-order valence-electron chi connectivity index (χ2n) is 4.48. The molecule has 0 saturated carbocycles. The third-order valence-electron chi connectivity index (χ3n) is 3.01. The summed E-state index contributed by atoms with van der Waals surface area (Å²) in [6.07, 6.45) is 2.98. The van der Waals surface area contributed by atoms with E-state index < -0.39 is 0 Å². The summed E-state index contributed by atoms with van der Waals surface area (Å²) in [6, 6.07) is 5.35. The molecule has 0 atom stereocenters. The molecule has 0 aliphatic carbocycles. The molecule has 0 spiro atoms. The maximum Gasteiger partial charge on any atom is 0.115 e. The highest BCUT2D eigenvalue weighted by molar-refractivity contribution is 5.53. The van der Waals surface area contributed by atoms with Gasteiger partial charge in [-0.05, 0) is 37.1 Å². The molecule has 2 N–H and O–H groups in total.